The molecule has 1 saturated heterocycles. The molecule has 1 unspecified atom stereocenters. The van der Waals surface area contributed by atoms with Gasteiger partial charge < -0.3 is 14.4 Å². The summed E-state index contributed by atoms with van der Waals surface area (Å²) in [5.41, 5.74) is 2.33. The Morgan fingerprint density at radius 1 is 0.931 bits per heavy atom. The Morgan fingerprint density at radius 2 is 1.66 bits per heavy atom. The summed E-state index contributed by atoms with van der Waals surface area (Å²) in [6.45, 7) is 4.03. The van der Waals surface area contributed by atoms with Gasteiger partial charge in [0.25, 0.3) is 0 Å². The number of hydrogen-bond acceptors (Lipinski definition) is 4. The molecule has 1 aliphatic heterocycles. The molecule has 1 heterocycles. The van der Waals surface area contributed by atoms with Gasteiger partial charge in [0.1, 0.15) is 5.75 Å². The first-order valence-corrected chi connectivity index (χ1v) is 10.5. The molecule has 4 rings (SSSR count). The molecule has 154 valence electrons. The summed E-state index contributed by atoms with van der Waals surface area (Å²) in [5.74, 6) is 1.73. The third-order valence-corrected chi connectivity index (χ3v) is 5.64. The van der Waals surface area contributed by atoms with Crippen LogP contribution >= 0.6 is 0 Å². The molecule has 0 aromatic heterocycles. The Morgan fingerprint density at radius 3 is 2.34 bits per heavy atom. The number of nitrogens with zero attached hydrogens (tertiary/aromatic N) is 2. The van der Waals surface area contributed by atoms with E-state index in [1.807, 2.05) is 35.2 Å². The molecule has 0 spiro atoms. The fourth-order valence-electron chi connectivity index (χ4n) is 3.78. The minimum Gasteiger partial charge on any atom is -0.497 e. The van der Waals surface area contributed by atoms with Crippen LogP contribution in [-0.2, 0) is 22.6 Å². The van der Waals surface area contributed by atoms with Crippen molar-refractivity contribution in [2.75, 3.05) is 33.4 Å². The summed E-state index contributed by atoms with van der Waals surface area (Å²) in [6, 6.07) is 18.3. The van der Waals surface area contributed by atoms with Crippen LogP contribution in [-0.4, -0.2) is 55.2 Å². The normalized spacial score (nSPS) is 20.5. The largest absolute Gasteiger partial charge is 0.497 e. The molecule has 2 aliphatic rings. The number of carbonyl (C=O) groups excluding carboxylic acids is 1. The second-order valence-electron chi connectivity index (χ2n) is 8.18. The predicted octanol–water partition coefficient (Wildman–Crippen LogP) is 3.33. The standard InChI is InChI=1S/C24H30N2O3/c1-28-22-11-9-20(10-12-22)13-25-15-23(29-18-21-7-8-21)16-26(24(27)17-25)14-19-5-3-2-4-6-19/h2-6,9-12,21,23H,7-8,13-18H2,1H3. The van der Waals surface area contributed by atoms with Crippen LogP contribution in [0.5, 0.6) is 5.75 Å². The maximum atomic E-state index is 13.0. The zero-order chi connectivity index (χ0) is 20.1. The van der Waals surface area contributed by atoms with Crippen molar-refractivity contribution in [1.82, 2.24) is 9.80 Å². The molecule has 1 aliphatic carbocycles. The summed E-state index contributed by atoms with van der Waals surface area (Å²) in [5, 5.41) is 0. The number of ether oxygens (including phenoxy) is 2. The van der Waals surface area contributed by atoms with E-state index >= 15 is 0 Å². The van der Waals surface area contributed by atoms with E-state index in [-0.39, 0.29) is 12.0 Å². The van der Waals surface area contributed by atoms with Crippen LogP contribution in [0.15, 0.2) is 54.6 Å². The van der Waals surface area contributed by atoms with Crippen LogP contribution in [0.1, 0.15) is 24.0 Å². The third-order valence-electron chi connectivity index (χ3n) is 5.64. The van der Waals surface area contributed by atoms with Gasteiger partial charge in [-0.05, 0) is 42.0 Å². The van der Waals surface area contributed by atoms with E-state index in [1.165, 1.54) is 18.4 Å². The Labute approximate surface area is 173 Å². The van der Waals surface area contributed by atoms with E-state index in [1.54, 1.807) is 7.11 Å². The number of carbonyl (C=O) groups is 1. The first-order valence-electron chi connectivity index (χ1n) is 10.5. The third kappa shape index (κ3) is 5.81. The van der Waals surface area contributed by atoms with Crippen molar-refractivity contribution in [3.05, 3.63) is 65.7 Å². The summed E-state index contributed by atoms with van der Waals surface area (Å²) in [4.78, 5) is 17.2. The molecule has 1 atom stereocenters. The van der Waals surface area contributed by atoms with Crippen molar-refractivity contribution in [3.8, 4) is 5.75 Å². The van der Waals surface area contributed by atoms with E-state index in [4.69, 9.17) is 9.47 Å². The van der Waals surface area contributed by atoms with E-state index in [0.29, 0.717) is 25.6 Å². The molecule has 1 saturated carbocycles. The number of benzene rings is 2. The Bertz CT molecular complexity index is 790. The first-order chi connectivity index (χ1) is 14.2. The van der Waals surface area contributed by atoms with Gasteiger partial charge in [0.05, 0.1) is 19.8 Å². The monoisotopic (exact) mass is 394 g/mol. The van der Waals surface area contributed by atoms with Crippen molar-refractivity contribution >= 4 is 5.91 Å². The van der Waals surface area contributed by atoms with E-state index in [2.05, 4.69) is 29.2 Å². The molecule has 2 aromatic rings. The van der Waals surface area contributed by atoms with E-state index in [0.717, 1.165) is 31.0 Å². The van der Waals surface area contributed by atoms with Gasteiger partial charge in [0.2, 0.25) is 5.91 Å². The lowest BCUT2D eigenvalue weighted by Gasteiger charge is -2.25. The lowest BCUT2D eigenvalue weighted by Crippen LogP contribution is -2.37. The molecule has 0 bridgehead atoms. The quantitative estimate of drug-likeness (QED) is 0.689. The van der Waals surface area contributed by atoms with Crippen LogP contribution in [0, 0.1) is 5.92 Å². The second-order valence-corrected chi connectivity index (χ2v) is 8.18. The van der Waals surface area contributed by atoms with Crippen molar-refractivity contribution in [2.45, 2.75) is 32.0 Å². The van der Waals surface area contributed by atoms with Gasteiger partial charge in [-0.15, -0.1) is 0 Å². The van der Waals surface area contributed by atoms with Crippen molar-refractivity contribution in [3.63, 3.8) is 0 Å². The van der Waals surface area contributed by atoms with Gasteiger partial charge >= 0.3 is 0 Å². The lowest BCUT2D eigenvalue weighted by molar-refractivity contribution is -0.132. The zero-order valence-electron chi connectivity index (χ0n) is 17.1. The Balaban J connectivity index is 1.45. The lowest BCUT2D eigenvalue weighted by atomic mass is 10.2. The molecular weight excluding hydrogens is 364 g/mol. The SMILES string of the molecule is COc1ccc(CN2CC(=O)N(Cc3ccccc3)CC(OCC3CC3)C2)cc1. The van der Waals surface area contributed by atoms with E-state index < -0.39 is 0 Å². The molecule has 5 heteroatoms. The maximum Gasteiger partial charge on any atom is 0.237 e. The van der Waals surface area contributed by atoms with Gasteiger partial charge in [0.15, 0.2) is 0 Å². The van der Waals surface area contributed by atoms with Crippen LogP contribution in [0.3, 0.4) is 0 Å². The van der Waals surface area contributed by atoms with Crippen molar-refractivity contribution in [1.29, 1.82) is 0 Å². The van der Waals surface area contributed by atoms with Crippen molar-refractivity contribution in [2.24, 2.45) is 5.92 Å². The van der Waals surface area contributed by atoms with Gasteiger partial charge in [-0.25, -0.2) is 0 Å². The zero-order valence-corrected chi connectivity index (χ0v) is 17.1. The summed E-state index contributed by atoms with van der Waals surface area (Å²) in [6.07, 6.45) is 2.59. The van der Waals surface area contributed by atoms with Gasteiger partial charge in [0, 0.05) is 32.8 Å². The molecular formula is C24H30N2O3. The highest BCUT2D eigenvalue weighted by Crippen LogP contribution is 2.29. The van der Waals surface area contributed by atoms with E-state index in [9.17, 15) is 4.79 Å². The summed E-state index contributed by atoms with van der Waals surface area (Å²) >= 11 is 0. The molecule has 0 radical (unpaired) electrons. The topological polar surface area (TPSA) is 42.0 Å². The number of amides is 1. The highest BCUT2D eigenvalue weighted by Gasteiger charge is 2.30. The highest BCUT2D eigenvalue weighted by molar-refractivity contribution is 5.78. The molecule has 2 fully saturated rings. The minimum absolute atomic E-state index is 0.0454. The summed E-state index contributed by atoms with van der Waals surface area (Å²) < 4.78 is 11.5. The average Bonchev–Trinajstić information content (AvgIpc) is 3.57. The predicted molar refractivity (Wildman–Crippen MR) is 113 cm³/mol. The van der Waals surface area contributed by atoms with Crippen LogP contribution in [0.25, 0.3) is 0 Å². The van der Waals surface area contributed by atoms with Crippen LogP contribution in [0.4, 0.5) is 0 Å². The molecule has 2 aromatic carbocycles. The molecule has 5 nitrogen and oxygen atoms in total. The number of methoxy groups -OCH3 is 1. The van der Waals surface area contributed by atoms with Gasteiger partial charge in [-0.2, -0.15) is 0 Å². The highest BCUT2D eigenvalue weighted by atomic mass is 16.5. The average molecular weight is 395 g/mol. The Kier molecular flexibility index (Phi) is 6.47. The van der Waals surface area contributed by atoms with Gasteiger partial charge in [-0.1, -0.05) is 42.5 Å². The number of rotatable bonds is 8. The van der Waals surface area contributed by atoms with Crippen LogP contribution < -0.4 is 4.74 Å². The molecule has 1 amide bonds. The van der Waals surface area contributed by atoms with Crippen molar-refractivity contribution < 1.29 is 14.3 Å². The Hall–Kier alpha value is -2.37. The molecule has 0 N–H and O–H groups in total. The first kappa shape index (κ1) is 19.9. The van der Waals surface area contributed by atoms with Gasteiger partial charge in [-0.3, -0.25) is 9.69 Å². The smallest absolute Gasteiger partial charge is 0.237 e. The number of hydrogen-bond donors (Lipinski definition) is 0. The maximum absolute atomic E-state index is 13.0. The fourth-order valence-corrected chi connectivity index (χ4v) is 3.78. The second kappa shape index (κ2) is 9.42. The van der Waals surface area contributed by atoms with Crippen LogP contribution in [0.2, 0.25) is 0 Å². The fraction of sp³-hybridized carbons (Fsp3) is 0.458. The minimum atomic E-state index is 0.0454. The summed E-state index contributed by atoms with van der Waals surface area (Å²) in [7, 11) is 1.67. The molecule has 29 heavy (non-hydrogen) atoms.